The first kappa shape index (κ1) is 11.1. The van der Waals surface area contributed by atoms with Crippen molar-refractivity contribution in [2.75, 3.05) is 20.2 Å². The zero-order valence-electron chi connectivity index (χ0n) is 10.3. The SMILES string of the molecule is CCN(CC)C1=Cc2cc(OC)ccc2C1. The molecule has 86 valence electrons. The van der Waals surface area contributed by atoms with E-state index >= 15 is 0 Å². The standard InChI is InChI=1S/C14H19NO/c1-4-15(5-2)13-8-11-6-7-14(16-3)10-12(11)9-13/h6-7,9-10H,4-5,8H2,1-3H3. The molecule has 0 spiro atoms. The molecule has 0 fully saturated rings. The van der Waals surface area contributed by atoms with E-state index in [9.17, 15) is 0 Å². The van der Waals surface area contributed by atoms with E-state index in [2.05, 4.69) is 37.0 Å². The van der Waals surface area contributed by atoms with Crippen LogP contribution in [-0.4, -0.2) is 25.1 Å². The molecule has 0 atom stereocenters. The van der Waals surface area contributed by atoms with Crippen molar-refractivity contribution in [3.05, 3.63) is 35.0 Å². The number of hydrogen-bond donors (Lipinski definition) is 0. The van der Waals surface area contributed by atoms with E-state index in [0.717, 1.165) is 25.3 Å². The molecule has 2 heteroatoms. The van der Waals surface area contributed by atoms with Crippen LogP contribution < -0.4 is 4.74 Å². The summed E-state index contributed by atoms with van der Waals surface area (Å²) in [6.45, 7) is 6.56. The monoisotopic (exact) mass is 217 g/mol. The Bertz CT molecular complexity index is 405. The Hall–Kier alpha value is -1.44. The molecular weight excluding hydrogens is 198 g/mol. The van der Waals surface area contributed by atoms with Crippen LogP contribution in [0.15, 0.2) is 23.9 Å². The van der Waals surface area contributed by atoms with Crippen LogP contribution in [0.2, 0.25) is 0 Å². The number of rotatable bonds is 4. The molecule has 0 heterocycles. The third-order valence-corrected chi connectivity index (χ3v) is 3.22. The van der Waals surface area contributed by atoms with Crippen LogP contribution >= 0.6 is 0 Å². The van der Waals surface area contributed by atoms with Gasteiger partial charge in [0.1, 0.15) is 5.75 Å². The molecule has 0 aromatic heterocycles. The van der Waals surface area contributed by atoms with Gasteiger partial charge in [0.2, 0.25) is 0 Å². The first-order chi connectivity index (χ1) is 7.78. The summed E-state index contributed by atoms with van der Waals surface area (Å²) in [7, 11) is 1.71. The summed E-state index contributed by atoms with van der Waals surface area (Å²) in [6.07, 6.45) is 3.34. The second-order valence-corrected chi connectivity index (χ2v) is 4.05. The molecule has 2 rings (SSSR count). The Morgan fingerprint density at radius 3 is 2.62 bits per heavy atom. The summed E-state index contributed by atoms with van der Waals surface area (Å²) in [5.41, 5.74) is 4.14. The van der Waals surface area contributed by atoms with Crippen molar-refractivity contribution >= 4 is 6.08 Å². The fourth-order valence-corrected chi connectivity index (χ4v) is 2.25. The average molecular weight is 217 g/mol. The van der Waals surface area contributed by atoms with Crippen molar-refractivity contribution < 1.29 is 4.74 Å². The number of methoxy groups -OCH3 is 1. The minimum Gasteiger partial charge on any atom is -0.497 e. The van der Waals surface area contributed by atoms with E-state index in [4.69, 9.17) is 4.74 Å². The lowest BCUT2D eigenvalue weighted by Gasteiger charge is -2.22. The van der Waals surface area contributed by atoms with Gasteiger partial charge in [-0.2, -0.15) is 0 Å². The number of benzene rings is 1. The van der Waals surface area contributed by atoms with Crippen LogP contribution in [0.4, 0.5) is 0 Å². The van der Waals surface area contributed by atoms with Crippen molar-refractivity contribution in [2.24, 2.45) is 0 Å². The van der Waals surface area contributed by atoms with Gasteiger partial charge in [-0.1, -0.05) is 6.07 Å². The zero-order chi connectivity index (χ0) is 11.5. The van der Waals surface area contributed by atoms with Crippen LogP contribution in [0.5, 0.6) is 5.75 Å². The topological polar surface area (TPSA) is 12.5 Å². The minimum atomic E-state index is 0.941. The number of hydrogen-bond acceptors (Lipinski definition) is 2. The fraction of sp³-hybridized carbons (Fsp3) is 0.429. The van der Waals surface area contributed by atoms with E-state index < -0.39 is 0 Å². The highest BCUT2D eigenvalue weighted by Crippen LogP contribution is 2.29. The van der Waals surface area contributed by atoms with Gasteiger partial charge >= 0.3 is 0 Å². The van der Waals surface area contributed by atoms with E-state index in [0.29, 0.717) is 0 Å². The van der Waals surface area contributed by atoms with Gasteiger partial charge in [-0.3, -0.25) is 0 Å². The fourth-order valence-electron chi connectivity index (χ4n) is 2.25. The van der Waals surface area contributed by atoms with Gasteiger partial charge in [-0.05, 0) is 43.2 Å². The van der Waals surface area contributed by atoms with Gasteiger partial charge in [0.05, 0.1) is 7.11 Å². The predicted molar refractivity (Wildman–Crippen MR) is 67.6 cm³/mol. The first-order valence-electron chi connectivity index (χ1n) is 5.91. The summed E-state index contributed by atoms with van der Waals surface area (Å²) in [6, 6.07) is 6.32. The largest absolute Gasteiger partial charge is 0.497 e. The molecular formula is C14H19NO. The number of ether oxygens (including phenoxy) is 1. The smallest absolute Gasteiger partial charge is 0.119 e. The second kappa shape index (κ2) is 4.60. The molecule has 1 aromatic rings. The summed E-state index contributed by atoms with van der Waals surface area (Å²) in [5.74, 6) is 0.941. The van der Waals surface area contributed by atoms with Crippen LogP contribution in [0.3, 0.4) is 0 Å². The highest BCUT2D eigenvalue weighted by Gasteiger charge is 2.16. The van der Waals surface area contributed by atoms with Crippen molar-refractivity contribution in [3.8, 4) is 5.75 Å². The third kappa shape index (κ3) is 1.92. The number of likely N-dealkylation sites (N-methyl/N-ethyl adjacent to an activating group) is 1. The molecule has 0 bridgehead atoms. The van der Waals surface area contributed by atoms with Crippen LogP contribution in [0.1, 0.15) is 25.0 Å². The van der Waals surface area contributed by atoms with E-state index in [1.165, 1.54) is 16.8 Å². The molecule has 0 saturated carbocycles. The summed E-state index contributed by atoms with van der Waals surface area (Å²) >= 11 is 0. The Kier molecular flexibility index (Phi) is 3.18. The molecule has 0 N–H and O–H groups in total. The zero-order valence-corrected chi connectivity index (χ0v) is 10.3. The molecule has 0 radical (unpaired) electrons. The molecule has 1 aliphatic carbocycles. The third-order valence-electron chi connectivity index (χ3n) is 3.22. The molecule has 0 saturated heterocycles. The van der Waals surface area contributed by atoms with Gasteiger partial charge < -0.3 is 9.64 Å². The molecule has 1 aliphatic rings. The molecule has 0 aliphatic heterocycles. The normalized spacial score (nSPS) is 13.3. The number of nitrogens with zero attached hydrogens (tertiary/aromatic N) is 1. The van der Waals surface area contributed by atoms with Crippen LogP contribution in [0, 0.1) is 0 Å². The average Bonchev–Trinajstić information content (AvgIpc) is 2.72. The Morgan fingerprint density at radius 1 is 1.25 bits per heavy atom. The maximum atomic E-state index is 5.24. The van der Waals surface area contributed by atoms with Gasteiger partial charge in [-0.15, -0.1) is 0 Å². The highest BCUT2D eigenvalue weighted by molar-refractivity contribution is 5.64. The maximum absolute atomic E-state index is 5.24. The van der Waals surface area contributed by atoms with Gasteiger partial charge in [0.15, 0.2) is 0 Å². The molecule has 16 heavy (non-hydrogen) atoms. The second-order valence-electron chi connectivity index (χ2n) is 4.05. The van der Waals surface area contributed by atoms with E-state index in [1.807, 2.05) is 6.07 Å². The van der Waals surface area contributed by atoms with E-state index in [1.54, 1.807) is 7.11 Å². The van der Waals surface area contributed by atoms with Crippen molar-refractivity contribution in [3.63, 3.8) is 0 Å². The van der Waals surface area contributed by atoms with E-state index in [-0.39, 0.29) is 0 Å². The van der Waals surface area contributed by atoms with Crippen molar-refractivity contribution in [1.29, 1.82) is 0 Å². The number of allylic oxidation sites excluding steroid dienone is 1. The first-order valence-corrected chi connectivity index (χ1v) is 5.91. The Morgan fingerprint density at radius 2 is 2.00 bits per heavy atom. The molecule has 0 unspecified atom stereocenters. The Balaban J connectivity index is 2.25. The Labute approximate surface area is 97.5 Å². The summed E-state index contributed by atoms with van der Waals surface area (Å²) < 4.78 is 5.24. The van der Waals surface area contributed by atoms with Crippen LogP contribution in [0.25, 0.3) is 6.08 Å². The van der Waals surface area contributed by atoms with Crippen LogP contribution in [-0.2, 0) is 6.42 Å². The lowest BCUT2D eigenvalue weighted by molar-refractivity contribution is 0.380. The minimum absolute atomic E-state index is 0.941. The quantitative estimate of drug-likeness (QED) is 0.769. The highest BCUT2D eigenvalue weighted by atomic mass is 16.5. The lowest BCUT2D eigenvalue weighted by atomic mass is 10.1. The predicted octanol–water partition coefficient (Wildman–Crippen LogP) is 2.93. The summed E-state index contributed by atoms with van der Waals surface area (Å²) in [4.78, 5) is 2.41. The van der Waals surface area contributed by atoms with Gasteiger partial charge in [-0.25, -0.2) is 0 Å². The molecule has 2 nitrogen and oxygen atoms in total. The molecule has 0 amide bonds. The summed E-state index contributed by atoms with van der Waals surface area (Å²) in [5, 5.41) is 0. The van der Waals surface area contributed by atoms with Gasteiger partial charge in [0.25, 0.3) is 0 Å². The van der Waals surface area contributed by atoms with Crippen molar-refractivity contribution in [1.82, 2.24) is 4.90 Å². The number of fused-ring (bicyclic) bond motifs is 1. The molecule has 1 aromatic carbocycles. The lowest BCUT2D eigenvalue weighted by Crippen LogP contribution is -2.21. The van der Waals surface area contributed by atoms with Gasteiger partial charge in [0, 0.05) is 25.2 Å². The van der Waals surface area contributed by atoms with Crippen molar-refractivity contribution in [2.45, 2.75) is 20.3 Å². The maximum Gasteiger partial charge on any atom is 0.119 e.